The highest BCUT2D eigenvalue weighted by Crippen LogP contribution is 2.06. The van der Waals surface area contributed by atoms with Crippen LogP contribution in [0.1, 0.15) is 13.3 Å². The van der Waals surface area contributed by atoms with Crippen LogP contribution in [0, 0.1) is 10.1 Å². The lowest BCUT2D eigenvalue weighted by Crippen LogP contribution is -2.24. The molecule has 0 N–H and O–H groups in total. The Labute approximate surface area is 96.8 Å². The molecule has 0 fully saturated rings. The van der Waals surface area contributed by atoms with Crippen molar-refractivity contribution in [2.75, 3.05) is 6.61 Å². The van der Waals surface area contributed by atoms with Gasteiger partial charge in [-0.25, -0.2) is 0 Å². The summed E-state index contributed by atoms with van der Waals surface area (Å²) >= 11 is 0. The van der Waals surface area contributed by atoms with Gasteiger partial charge in [0.2, 0.25) is 0 Å². The summed E-state index contributed by atoms with van der Waals surface area (Å²) in [6, 6.07) is 2.14. The molecule has 0 atom stereocenters. The molecule has 1 heterocycles. The summed E-state index contributed by atoms with van der Waals surface area (Å²) in [6.07, 6.45) is 1.70. The van der Waals surface area contributed by atoms with Crippen LogP contribution in [0.3, 0.4) is 0 Å². The first-order valence-electron chi connectivity index (χ1n) is 5.05. The van der Waals surface area contributed by atoms with Crippen LogP contribution < -0.4 is 5.56 Å². The van der Waals surface area contributed by atoms with Crippen LogP contribution in [0.15, 0.2) is 23.1 Å². The molecule has 92 valence electrons. The minimum absolute atomic E-state index is 0.243. The SMILES string of the molecule is CCCOC(=O)Cn1cc([N+](=O)[O-])ccc1=O. The number of nitrogens with zero attached hydrogens (tertiary/aromatic N) is 2. The Kier molecular flexibility index (Phi) is 4.38. The van der Waals surface area contributed by atoms with Gasteiger partial charge in [0.25, 0.3) is 11.2 Å². The quantitative estimate of drug-likeness (QED) is 0.429. The van der Waals surface area contributed by atoms with Crippen molar-refractivity contribution in [3.63, 3.8) is 0 Å². The molecular weight excluding hydrogens is 228 g/mol. The van der Waals surface area contributed by atoms with Gasteiger partial charge in [0.05, 0.1) is 17.7 Å². The van der Waals surface area contributed by atoms with Crippen LogP contribution in [0.4, 0.5) is 5.69 Å². The van der Waals surface area contributed by atoms with Gasteiger partial charge in [0.15, 0.2) is 0 Å². The fraction of sp³-hybridized carbons (Fsp3) is 0.400. The molecule has 0 aliphatic carbocycles. The van der Waals surface area contributed by atoms with E-state index in [-0.39, 0.29) is 18.8 Å². The zero-order chi connectivity index (χ0) is 12.8. The van der Waals surface area contributed by atoms with Gasteiger partial charge in [-0.1, -0.05) is 6.92 Å². The lowest BCUT2D eigenvalue weighted by molar-refractivity contribution is -0.385. The molecular formula is C10H12N2O5. The van der Waals surface area contributed by atoms with Crippen molar-refractivity contribution in [3.8, 4) is 0 Å². The average molecular weight is 240 g/mol. The second kappa shape index (κ2) is 5.78. The van der Waals surface area contributed by atoms with E-state index in [4.69, 9.17) is 4.74 Å². The summed E-state index contributed by atoms with van der Waals surface area (Å²) in [7, 11) is 0. The van der Waals surface area contributed by atoms with Crippen molar-refractivity contribution >= 4 is 11.7 Å². The number of aromatic nitrogens is 1. The third kappa shape index (κ3) is 3.71. The van der Waals surface area contributed by atoms with E-state index < -0.39 is 16.5 Å². The zero-order valence-electron chi connectivity index (χ0n) is 9.29. The molecule has 0 aliphatic rings. The van der Waals surface area contributed by atoms with Crippen molar-refractivity contribution < 1.29 is 14.5 Å². The maximum Gasteiger partial charge on any atom is 0.326 e. The number of carbonyl (C=O) groups is 1. The molecule has 0 aliphatic heterocycles. The van der Waals surface area contributed by atoms with Gasteiger partial charge in [0.1, 0.15) is 6.54 Å². The topological polar surface area (TPSA) is 91.4 Å². The predicted octanol–water partition coefficient (Wildman–Crippen LogP) is 0.710. The second-order valence-electron chi connectivity index (χ2n) is 3.33. The summed E-state index contributed by atoms with van der Waals surface area (Å²) in [4.78, 5) is 32.5. The van der Waals surface area contributed by atoms with Gasteiger partial charge < -0.3 is 4.74 Å². The Balaban J connectivity index is 2.83. The number of hydrogen-bond acceptors (Lipinski definition) is 5. The maximum atomic E-state index is 11.3. The molecule has 7 nitrogen and oxygen atoms in total. The number of pyridine rings is 1. The van der Waals surface area contributed by atoms with Gasteiger partial charge in [-0.3, -0.25) is 24.3 Å². The smallest absolute Gasteiger partial charge is 0.326 e. The van der Waals surface area contributed by atoms with Crippen molar-refractivity contribution in [1.82, 2.24) is 4.57 Å². The fourth-order valence-corrected chi connectivity index (χ4v) is 1.15. The number of rotatable bonds is 5. The molecule has 1 aromatic heterocycles. The van der Waals surface area contributed by atoms with Crippen LogP contribution in [-0.4, -0.2) is 22.1 Å². The van der Waals surface area contributed by atoms with E-state index in [1.807, 2.05) is 6.92 Å². The molecule has 0 unspecified atom stereocenters. The number of esters is 1. The van der Waals surface area contributed by atoms with E-state index in [1.165, 1.54) is 0 Å². The molecule has 0 spiro atoms. The number of hydrogen-bond donors (Lipinski definition) is 0. The Morgan fingerprint density at radius 2 is 2.24 bits per heavy atom. The van der Waals surface area contributed by atoms with Gasteiger partial charge in [-0.2, -0.15) is 0 Å². The largest absolute Gasteiger partial charge is 0.464 e. The third-order valence-electron chi connectivity index (χ3n) is 1.95. The first kappa shape index (κ1) is 12.9. The highest BCUT2D eigenvalue weighted by molar-refractivity contribution is 5.69. The molecule has 17 heavy (non-hydrogen) atoms. The minimum Gasteiger partial charge on any atom is -0.464 e. The molecule has 0 saturated carbocycles. The lowest BCUT2D eigenvalue weighted by atomic mass is 10.4. The number of carbonyl (C=O) groups excluding carboxylic acids is 1. The minimum atomic E-state index is -0.632. The number of nitro groups is 1. The first-order valence-corrected chi connectivity index (χ1v) is 5.05. The van der Waals surface area contributed by atoms with Crippen LogP contribution in [0.25, 0.3) is 0 Å². The third-order valence-corrected chi connectivity index (χ3v) is 1.95. The summed E-state index contributed by atoms with van der Waals surface area (Å²) in [6.45, 7) is 1.79. The number of ether oxygens (including phenoxy) is 1. The normalized spacial score (nSPS) is 9.94. The summed E-state index contributed by atoms with van der Waals surface area (Å²) in [5.41, 5.74) is -0.725. The molecule has 1 rings (SSSR count). The van der Waals surface area contributed by atoms with E-state index in [0.29, 0.717) is 6.42 Å². The van der Waals surface area contributed by atoms with Crippen molar-refractivity contribution in [2.24, 2.45) is 0 Å². The molecule has 1 aromatic rings. The molecule has 0 amide bonds. The molecule has 7 heteroatoms. The summed E-state index contributed by atoms with van der Waals surface area (Å²) < 4.78 is 5.74. The van der Waals surface area contributed by atoms with Crippen molar-refractivity contribution in [2.45, 2.75) is 19.9 Å². The van der Waals surface area contributed by atoms with Gasteiger partial charge in [-0.05, 0) is 6.42 Å². The van der Waals surface area contributed by atoms with Crippen LogP contribution in [0.2, 0.25) is 0 Å². The van der Waals surface area contributed by atoms with E-state index in [9.17, 15) is 19.7 Å². The molecule has 0 aromatic carbocycles. The monoisotopic (exact) mass is 240 g/mol. The fourth-order valence-electron chi connectivity index (χ4n) is 1.15. The second-order valence-corrected chi connectivity index (χ2v) is 3.33. The lowest BCUT2D eigenvalue weighted by Gasteiger charge is -2.05. The molecule has 0 saturated heterocycles. The van der Waals surface area contributed by atoms with Crippen LogP contribution in [-0.2, 0) is 16.1 Å². The Morgan fingerprint density at radius 3 is 2.82 bits per heavy atom. The maximum absolute atomic E-state index is 11.3. The van der Waals surface area contributed by atoms with E-state index in [0.717, 1.165) is 22.9 Å². The van der Waals surface area contributed by atoms with Gasteiger partial charge in [-0.15, -0.1) is 0 Å². The highest BCUT2D eigenvalue weighted by atomic mass is 16.6. The molecule has 0 bridgehead atoms. The van der Waals surface area contributed by atoms with Gasteiger partial charge in [0, 0.05) is 12.1 Å². The van der Waals surface area contributed by atoms with E-state index in [1.54, 1.807) is 0 Å². The Hall–Kier alpha value is -2.18. The molecule has 0 radical (unpaired) electrons. The highest BCUT2D eigenvalue weighted by Gasteiger charge is 2.10. The van der Waals surface area contributed by atoms with E-state index >= 15 is 0 Å². The summed E-state index contributed by atoms with van der Waals surface area (Å²) in [5.74, 6) is -0.588. The Bertz CT molecular complexity index is 480. The Morgan fingerprint density at radius 1 is 1.53 bits per heavy atom. The van der Waals surface area contributed by atoms with Crippen molar-refractivity contribution in [3.05, 3.63) is 38.8 Å². The van der Waals surface area contributed by atoms with Crippen LogP contribution in [0.5, 0.6) is 0 Å². The predicted molar refractivity (Wildman–Crippen MR) is 58.6 cm³/mol. The zero-order valence-corrected chi connectivity index (χ0v) is 9.29. The first-order chi connectivity index (χ1) is 8.04. The van der Waals surface area contributed by atoms with Crippen molar-refractivity contribution in [1.29, 1.82) is 0 Å². The summed E-state index contributed by atoms with van der Waals surface area (Å²) in [5, 5.41) is 10.5. The average Bonchev–Trinajstić information content (AvgIpc) is 2.29. The standard InChI is InChI=1S/C10H12N2O5/c1-2-5-17-10(14)7-11-6-8(12(15)16)3-4-9(11)13/h3-4,6H,2,5,7H2,1H3. The van der Waals surface area contributed by atoms with E-state index in [2.05, 4.69) is 0 Å². The van der Waals surface area contributed by atoms with Crippen LogP contribution >= 0.6 is 0 Å². The van der Waals surface area contributed by atoms with Gasteiger partial charge >= 0.3 is 5.97 Å².